The van der Waals surface area contributed by atoms with Crippen LogP contribution in [0.4, 0.5) is 0 Å². The van der Waals surface area contributed by atoms with Gasteiger partial charge in [0, 0.05) is 5.56 Å². The van der Waals surface area contributed by atoms with Gasteiger partial charge >= 0.3 is 11.9 Å². The highest BCUT2D eigenvalue weighted by Crippen LogP contribution is 2.31. The average molecular weight is 266 g/mol. The fraction of sp³-hybridized carbons (Fsp3) is 0.231. The molecule has 0 saturated carbocycles. The molecule has 6 heteroatoms. The van der Waals surface area contributed by atoms with Crippen LogP contribution in [-0.4, -0.2) is 35.4 Å². The number of para-hydroxylation sites is 1. The summed E-state index contributed by atoms with van der Waals surface area (Å²) in [6, 6.07) is 4.92. The number of carbonyl (C=O) groups is 2. The molecule has 0 aromatic heterocycles. The largest absolute Gasteiger partial charge is 0.479 e. The Morgan fingerprint density at radius 1 is 1.16 bits per heavy atom. The van der Waals surface area contributed by atoms with E-state index in [1.807, 2.05) is 0 Å². The summed E-state index contributed by atoms with van der Waals surface area (Å²) in [5.74, 6) is -1.83. The summed E-state index contributed by atoms with van der Waals surface area (Å²) >= 11 is 0. The Balaban J connectivity index is 2.98. The highest BCUT2D eigenvalue weighted by Gasteiger charge is 2.13. The number of ether oxygens (including phenoxy) is 2. The highest BCUT2D eigenvalue weighted by atomic mass is 16.5. The summed E-state index contributed by atoms with van der Waals surface area (Å²) in [7, 11) is 0. The van der Waals surface area contributed by atoms with Crippen LogP contribution in [0.15, 0.2) is 30.9 Å². The molecule has 0 fully saturated rings. The maximum absolute atomic E-state index is 10.5. The number of aliphatic carboxylic acids is 2. The summed E-state index contributed by atoms with van der Waals surface area (Å²) in [5, 5.41) is 17.2. The van der Waals surface area contributed by atoms with E-state index in [2.05, 4.69) is 6.58 Å². The van der Waals surface area contributed by atoms with Gasteiger partial charge in [0.1, 0.15) is 0 Å². The van der Waals surface area contributed by atoms with Gasteiger partial charge in [-0.3, -0.25) is 0 Å². The summed E-state index contributed by atoms with van der Waals surface area (Å²) in [6.07, 6.45) is 2.09. The van der Waals surface area contributed by atoms with Gasteiger partial charge in [0.05, 0.1) is 0 Å². The molecule has 0 radical (unpaired) electrons. The number of carboxylic acid groups (broad SMARTS) is 2. The van der Waals surface area contributed by atoms with Crippen LogP contribution in [0.5, 0.6) is 11.5 Å². The third-order valence-electron chi connectivity index (χ3n) is 2.12. The number of allylic oxidation sites excluding steroid dienone is 1. The topological polar surface area (TPSA) is 93.1 Å². The zero-order chi connectivity index (χ0) is 14.3. The fourth-order valence-corrected chi connectivity index (χ4v) is 1.43. The normalized spacial score (nSPS) is 9.68. The quantitative estimate of drug-likeness (QED) is 0.690. The molecule has 0 heterocycles. The van der Waals surface area contributed by atoms with E-state index in [9.17, 15) is 9.59 Å². The smallest absolute Gasteiger partial charge is 0.341 e. The second-order valence-corrected chi connectivity index (χ2v) is 3.60. The predicted molar refractivity (Wildman–Crippen MR) is 66.6 cm³/mol. The standard InChI is InChI=1S/C13H14O6/c1-2-4-9-5-3-6-10(18-7-11(14)15)13(9)19-8-12(16)17/h2-3,5-6H,1,4,7-8H2,(H,14,15)(H,16,17). The Labute approximate surface area is 109 Å². The van der Waals surface area contributed by atoms with Crippen molar-refractivity contribution in [3.63, 3.8) is 0 Å². The molecule has 0 unspecified atom stereocenters. The Bertz CT molecular complexity index is 480. The fourth-order valence-electron chi connectivity index (χ4n) is 1.43. The van der Waals surface area contributed by atoms with Gasteiger partial charge in [-0.1, -0.05) is 18.2 Å². The lowest BCUT2D eigenvalue weighted by Gasteiger charge is -2.14. The first-order valence-corrected chi connectivity index (χ1v) is 5.46. The first kappa shape index (κ1) is 14.6. The predicted octanol–water partition coefficient (Wildman–Crippen LogP) is 1.34. The van der Waals surface area contributed by atoms with Crippen LogP contribution >= 0.6 is 0 Å². The van der Waals surface area contributed by atoms with Crippen LogP contribution in [0.25, 0.3) is 0 Å². The molecule has 0 spiro atoms. The van der Waals surface area contributed by atoms with Crippen molar-refractivity contribution in [2.75, 3.05) is 13.2 Å². The monoisotopic (exact) mass is 266 g/mol. The molecule has 1 aromatic carbocycles. The number of rotatable bonds is 8. The van der Waals surface area contributed by atoms with E-state index >= 15 is 0 Å². The first-order valence-electron chi connectivity index (χ1n) is 5.46. The molecule has 0 atom stereocenters. The van der Waals surface area contributed by atoms with Crippen LogP contribution in [-0.2, 0) is 16.0 Å². The van der Waals surface area contributed by atoms with E-state index < -0.39 is 25.2 Å². The molecule has 2 N–H and O–H groups in total. The van der Waals surface area contributed by atoms with Gasteiger partial charge in [0.15, 0.2) is 24.7 Å². The molecule has 0 saturated heterocycles. The average Bonchev–Trinajstić information content (AvgIpc) is 2.35. The SMILES string of the molecule is C=CCc1cccc(OCC(=O)O)c1OCC(=O)O. The first-order chi connectivity index (χ1) is 9.04. The minimum absolute atomic E-state index is 0.197. The van der Waals surface area contributed by atoms with E-state index in [0.717, 1.165) is 0 Å². The molecule has 0 aliphatic heterocycles. The second kappa shape index (κ2) is 7.05. The maximum atomic E-state index is 10.5. The zero-order valence-corrected chi connectivity index (χ0v) is 10.2. The number of benzene rings is 1. The minimum atomic E-state index is -1.13. The molecular formula is C13H14O6. The van der Waals surface area contributed by atoms with Crippen LogP contribution < -0.4 is 9.47 Å². The van der Waals surface area contributed by atoms with Crippen LogP contribution in [0.3, 0.4) is 0 Å². The summed E-state index contributed by atoms with van der Waals surface area (Å²) in [4.78, 5) is 21.0. The lowest BCUT2D eigenvalue weighted by molar-refractivity contribution is -0.140. The van der Waals surface area contributed by atoms with Crippen molar-refractivity contribution >= 4 is 11.9 Å². The van der Waals surface area contributed by atoms with E-state index in [1.165, 1.54) is 6.07 Å². The van der Waals surface area contributed by atoms with Gasteiger partial charge in [0.25, 0.3) is 0 Å². The Hall–Kier alpha value is -2.50. The van der Waals surface area contributed by atoms with Gasteiger partial charge in [0.2, 0.25) is 0 Å². The third-order valence-corrected chi connectivity index (χ3v) is 2.12. The van der Waals surface area contributed by atoms with Gasteiger partial charge < -0.3 is 19.7 Å². The lowest BCUT2D eigenvalue weighted by atomic mass is 10.1. The van der Waals surface area contributed by atoms with Crippen molar-refractivity contribution in [2.24, 2.45) is 0 Å². The van der Waals surface area contributed by atoms with Gasteiger partial charge in [-0.15, -0.1) is 6.58 Å². The Morgan fingerprint density at radius 2 is 1.79 bits per heavy atom. The number of carboxylic acids is 2. The van der Waals surface area contributed by atoms with Crippen LogP contribution in [0.2, 0.25) is 0 Å². The molecule has 1 aromatic rings. The molecule has 0 amide bonds. The lowest BCUT2D eigenvalue weighted by Crippen LogP contribution is -2.14. The van der Waals surface area contributed by atoms with Gasteiger partial charge in [-0.25, -0.2) is 9.59 Å². The number of hydrogen-bond donors (Lipinski definition) is 2. The third kappa shape index (κ3) is 4.71. The zero-order valence-electron chi connectivity index (χ0n) is 10.2. The van der Waals surface area contributed by atoms with E-state index in [-0.39, 0.29) is 11.5 Å². The summed E-state index contributed by atoms with van der Waals surface area (Å²) in [5.41, 5.74) is 0.680. The molecule has 1 rings (SSSR count). The van der Waals surface area contributed by atoms with Crippen molar-refractivity contribution in [3.05, 3.63) is 36.4 Å². The molecule has 102 valence electrons. The Morgan fingerprint density at radius 3 is 2.37 bits per heavy atom. The maximum Gasteiger partial charge on any atom is 0.341 e. The van der Waals surface area contributed by atoms with E-state index in [1.54, 1.807) is 18.2 Å². The number of hydrogen-bond acceptors (Lipinski definition) is 4. The van der Waals surface area contributed by atoms with Gasteiger partial charge in [-0.2, -0.15) is 0 Å². The minimum Gasteiger partial charge on any atom is -0.479 e. The van der Waals surface area contributed by atoms with Crippen LogP contribution in [0.1, 0.15) is 5.56 Å². The van der Waals surface area contributed by atoms with E-state index in [0.29, 0.717) is 12.0 Å². The van der Waals surface area contributed by atoms with Gasteiger partial charge in [-0.05, 0) is 12.5 Å². The molecule has 0 aliphatic rings. The van der Waals surface area contributed by atoms with E-state index in [4.69, 9.17) is 19.7 Å². The van der Waals surface area contributed by atoms with Crippen molar-refractivity contribution in [1.82, 2.24) is 0 Å². The molecule has 6 nitrogen and oxygen atoms in total. The summed E-state index contributed by atoms with van der Waals surface area (Å²) < 4.78 is 10.2. The second-order valence-electron chi connectivity index (χ2n) is 3.60. The van der Waals surface area contributed by atoms with Crippen molar-refractivity contribution < 1.29 is 29.3 Å². The highest BCUT2D eigenvalue weighted by molar-refractivity contribution is 5.69. The molecular weight excluding hydrogens is 252 g/mol. The van der Waals surface area contributed by atoms with Crippen molar-refractivity contribution in [1.29, 1.82) is 0 Å². The molecule has 0 aliphatic carbocycles. The molecule has 19 heavy (non-hydrogen) atoms. The van der Waals surface area contributed by atoms with Crippen molar-refractivity contribution in [3.8, 4) is 11.5 Å². The molecule has 0 bridgehead atoms. The van der Waals surface area contributed by atoms with Crippen molar-refractivity contribution in [2.45, 2.75) is 6.42 Å². The Kier molecular flexibility index (Phi) is 5.40. The summed E-state index contributed by atoms with van der Waals surface area (Å²) in [6.45, 7) is 2.53. The van der Waals surface area contributed by atoms with Crippen LogP contribution in [0, 0.1) is 0 Å².